The fraction of sp³-hybridized carbons (Fsp3) is 1.00. The van der Waals surface area contributed by atoms with Crippen molar-refractivity contribution in [1.29, 1.82) is 0 Å². The summed E-state index contributed by atoms with van der Waals surface area (Å²) in [6.07, 6.45) is 14.2. The molecule has 1 aliphatic carbocycles. The maximum Gasteiger partial charge on any atom is 0.0351 e. The molecular formula is C15H30ClN. The number of halogens is 1. The minimum absolute atomic E-state index is 0.799. The highest BCUT2D eigenvalue weighted by atomic mass is 35.5. The van der Waals surface area contributed by atoms with Gasteiger partial charge in [-0.25, -0.2) is 0 Å². The molecule has 2 heteroatoms. The fourth-order valence-electron chi connectivity index (χ4n) is 2.47. The van der Waals surface area contributed by atoms with Crippen molar-refractivity contribution in [1.82, 2.24) is 4.90 Å². The summed E-state index contributed by atoms with van der Waals surface area (Å²) in [4.78, 5) is 2.60. The van der Waals surface area contributed by atoms with Gasteiger partial charge in [0.15, 0.2) is 0 Å². The van der Waals surface area contributed by atoms with Crippen LogP contribution in [-0.4, -0.2) is 29.9 Å². The summed E-state index contributed by atoms with van der Waals surface area (Å²) in [5.41, 5.74) is 0. The highest BCUT2D eigenvalue weighted by Gasteiger charge is 2.27. The van der Waals surface area contributed by atoms with Crippen LogP contribution in [-0.2, 0) is 0 Å². The van der Waals surface area contributed by atoms with Crippen LogP contribution in [0.25, 0.3) is 0 Å². The van der Waals surface area contributed by atoms with E-state index in [-0.39, 0.29) is 0 Å². The van der Waals surface area contributed by atoms with Crippen LogP contribution in [0.2, 0.25) is 0 Å². The van der Waals surface area contributed by atoms with Gasteiger partial charge in [-0.2, -0.15) is 0 Å². The summed E-state index contributed by atoms with van der Waals surface area (Å²) in [5.74, 6) is 0.799. The number of alkyl halides is 1. The predicted octanol–water partition coefficient (Wildman–Crippen LogP) is 4.83. The molecule has 0 aromatic rings. The molecule has 0 amide bonds. The summed E-state index contributed by atoms with van der Waals surface area (Å²) in [6, 6.07) is 0.887. The van der Waals surface area contributed by atoms with Crippen molar-refractivity contribution in [2.45, 2.75) is 77.2 Å². The maximum absolute atomic E-state index is 5.84. The van der Waals surface area contributed by atoms with Crippen molar-refractivity contribution in [2.24, 2.45) is 0 Å². The molecule has 0 aromatic heterocycles. The number of nitrogens with zero attached hydrogens (tertiary/aromatic N) is 1. The van der Waals surface area contributed by atoms with E-state index in [1.165, 1.54) is 70.8 Å². The summed E-state index contributed by atoms with van der Waals surface area (Å²) in [7, 11) is 0. The summed E-state index contributed by atoms with van der Waals surface area (Å²) >= 11 is 5.84. The van der Waals surface area contributed by atoms with Crippen LogP contribution in [0.3, 0.4) is 0 Å². The quantitative estimate of drug-likeness (QED) is 0.358. The molecule has 102 valence electrons. The number of rotatable bonds is 12. The molecule has 1 rings (SSSR count). The summed E-state index contributed by atoms with van der Waals surface area (Å²) in [5, 5.41) is 0. The van der Waals surface area contributed by atoms with Crippen molar-refractivity contribution in [2.75, 3.05) is 19.0 Å². The molecule has 0 bridgehead atoms. The lowest BCUT2D eigenvalue weighted by Gasteiger charge is -2.20. The Labute approximate surface area is 113 Å². The molecule has 0 heterocycles. The Balaban J connectivity index is 1.85. The molecule has 1 aliphatic rings. The molecule has 1 saturated carbocycles. The average molecular weight is 260 g/mol. The maximum atomic E-state index is 5.84. The van der Waals surface area contributed by atoms with Gasteiger partial charge in [0.25, 0.3) is 0 Å². The van der Waals surface area contributed by atoms with E-state index in [0.717, 1.165) is 18.5 Å². The van der Waals surface area contributed by atoms with Crippen LogP contribution in [0.4, 0.5) is 0 Å². The van der Waals surface area contributed by atoms with Gasteiger partial charge in [0.05, 0.1) is 0 Å². The first-order valence-corrected chi connectivity index (χ1v) is 8.22. The zero-order valence-corrected chi connectivity index (χ0v) is 12.4. The first-order valence-electron chi connectivity index (χ1n) is 7.68. The number of unbranched alkanes of at least 4 members (excludes halogenated alkanes) is 7. The lowest BCUT2D eigenvalue weighted by molar-refractivity contribution is 0.272. The van der Waals surface area contributed by atoms with Crippen LogP contribution < -0.4 is 0 Å². The molecule has 0 radical (unpaired) electrons. The monoisotopic (exact) mass is 259 g/mol. The Morgan fingerprint density at radius 2 is 1.47 bits per heavy atom. The number of hydrogen-bond donors (Lipinski definition) is 0. The van der Waals surface area contributed by atoms with E-state index in [4.69, 9.17) is 11.6 Å². The van der Waals surface area contributed by atoms with E-state index in [1.807, 2.05) is 0 Å². The van der Waals surface area contributed by atoms with Gasteiger partial charge in [0, 0.05) is 18.5 Å². The minimum atomic E-state index is 0.799. The second-order valence-electron chi connectivity index (χ2n) is 5.43. The van der Waals surface area contributed by atoms with Crippen LogP contribution in [0, 0.1) is 0 Å². The van der Waals surface area contributed by atoms with E-state index in [2.05, 4.69) is 11.8 Å². The third kappa shape index (κ3) is 8.05. The Morgan fingerprint density at radius 3 is 2.00 bits per heavy atom. The van der Waals surface area contributed by atoms with E-state index in [1.54, 1.807) is 0 Å². The highest BCUT2D eigenvalue weighted by molar-refractivity contribution is 6.18. The van der Waals surface area contributed by atoms with Gasteiger partial charge in [-0.1, -0.05) is 51.9 Å². The molecule has 17 heavy (non-hydrogen) atoms. The van der Waals surface area contributed by atoms with Crippen molar-refractivity contribution >= 4 is 11.6 Å². The normalized spacial score (nSPS) is 15.7. The molecule has 0 unspecified atom stereocenters. The Hall–Kier alpha value is 0.250. The average Bonchev–Trinajstić information content (AvgIpc) is 3.15. The largest absolute Gasteiger partial charge is 0.299 e. The fourth-order valence-corrected chi connectivity index (χ4v) is 2.69. The summed E-state index contributed by atoms with van der Waals surface area (Å²) in [6.45, 7) is 4.67. The molecule has 0 aliphatic heterocycles. The first kappa shape index (κ1) is 15.3. The Bertz CT molecular complexity index is 168. The SMILES string of the molecule is CCCCCCCCCCN(CCCl)C1CC1. The number of hydrogen-bond acceptors (Lipinski definition) is 1. The molecule has 0 atom stereocenters. The topological polar surface area (TPSA) is 3.24 Å². The highest BCUT2D eigenvalue weighted by Crippen LogP contribution is 2.27. The van der Waals surface area contributed by atoms with E-state index in [9.17, 15) is 0 Å². The molecular weight excluding hydrogens is 230 g/mol. The lowest BCUT2D eigenvalue weighted by atomic mass is 10.1. The van der Waals surface area contributed by atoms with E-state index < -0.39 is 0 Å². The second-order valence-corrected chi connectivity index (χ2v) is 5.81. The van der Waals surface area contributed by atoms with Crippen LogP contribution in [0.5, 0.6) is 0 Å². The van der Waals surface area contributed by atoms with Crippen molar-refractivity contribution in [3.05, 3.63) is 0 Å². The molecule has 1 fully saturated rings. The van der Waals surface area contributed by atoms with Crippen LogP contribution in [0.1, 0.15) is 71.1 Å². The van der Waals surface area contributed by atoms with Crippen molar-refractivity contribution < 1.29 is 0 Å². The van der Waals surface area contributed by atoms with Gasteiger partial charge in [-0.3, -0.25) is 4.90 Å². The predicted molar refractivity (Wildman–Crippen MR) is 77.9 cm³/mol. The molecule has 0 aromatic carbocycles. The molecule has 0 N–H and O–H groups in total. The van der Waals surface area contributed by atoms with Gasteiger partial charge in [0.2, 0.25) is 0 Å². The Morgan fingerprint density at radius 1 is 0.882 bits per heavy atom. The lowest BCUT2D eigenvalue weighted by Crippen LogP contribution is -2.29. The molecule has 1 nitrogen and oxygen atoms in total. The Kier molecular flexibility index (Phi) is 9.18. The van der Waals surface area contributed by atoms with Gasteiger partial charge < -0.3 is 0 Å². The van der Waals surface area contributed by atoms with Crippen LogP contribution >= 0.6 is 11.6 Å². The zero-order valence-electron chi connectivity index (χ0n) is 11.6. The van der Waals surface area contributed by atoms with Gasteiger partial charge >= 0.3 is 0 Å². The minimum Gasteiger partial charge on any atom is -0.299 e. The van der Waals surface area contributed by atoms with E-state index >= 15 is 0 Å². The standard InChI is InChI=1S/C15H30ClN/c1-2-3-4-5-6-7-8-9-13-17(14-12-16)15-10-11-15/h15H,2-14H2,1H3. The third-order valence-electron chi connectivity index (χ3n) is 3.73. The molecule has 0 saturated heterocycles. The molecule has 0 spiro atoms. The van der Waals surface area contributed by atoms with Crippen molar-refractivity contribution in [3.8, 4) is 0 Å². The first-order chi connectivity index (χ1) is 8.38. The zero-order chi connectivity index (χ0) is 12.3. The smallest absolute Gasteiger partial charge is 0.0351 e. The van der Waals surface area contributed by atoms with Crippen molar-refractivity contribution in [3.63, 3.8) is 0 Å². The second kappa shape index (κ2) is 10.2. The van der Waals surface area contributed by atoms with Crippen LogP contribution in [0.15, 0.2) is 0 Å². The van der Waals surface area contributed by atoms with Gasteiger partial charge in [-0.05, 0) is 25.8 Å². The summed E-state index contributed by atoms with van der Waals surface area (Å²) < 4.78 is 0. The van der Waals surface area contributed by atoms with Gasteiger partial charge in [-0.15, -0.1) is 11.6 Å². The third-order valence-corrected chi connectivity index (χ3v) is 3.90. The van der Waals surface area contributed by atoms with Gasteiger partial charge in [0.1, 0.15) is 0 Å². The van der Waals surface area contributed by atoms with E-state index in [0.29, 0.717) is 0 Å².